The summed E-state index contributed by atoms with van der Waals surface area (Å²) in [6.45, 7) is 4.81. The lowest BCUT2D eigenvalue weighted by Gasteiger charge is -2.11. The summed E-state index contributed by atoms with van der Waals surface area (Å²) in [5.74, 6) is 0.982. The molecule has 1 aromatic rings. The zero-order valence-corrected chi connectivity index (χ0v) is 10.9. The predicted octanol–water partition coefficient (Wildman–Crippen LogP) is 0.252. The van der Waals surface area contributed by atoms with Crippen molar-refractivity contribution >= 4 is 17.4 Å². The fourth-order valence-electron chi connectivity index (χ4n) is 1.23. The van der Waals surface area contributed by atoms with E-state index in [-0.39, 0.29) is 24.0 Å². The van der Waals surface area contributed by atoms with Crippen LogP contribution in [0.1, 0.15) is 13.8 Å². The number of nitrogens with zero attached hydrogens (tertiary/aromatic N) is 2. The van der Waals surface area contributed by atoms with Crippen molar-refractivity contribution in [2.24, 2.45) is 5.92 Å². The smallest absolute Gasteiger partial charge is 0.242 e. The van der Waals surface area contributed by atoms with Gasteiger partial charge in [-0.1, -0.05) is 13.8 Å². The van der Waals surface area contributed by atoms with E-state index in [0.29, 0.717) is 18.3 Å². The number of nitrogens with two attached hydrogens (primary N) is 1. The van der Waals surface area contributed by atoms with Gasteiger partial charge in [0.25, 0.3) is 0 Å². The summed E-state index contributed by atoms with van der Waals surface area (Å²) in [6, 6.07) is 0. The number of hydrogen-bond acceptors (Lipinski definition) is 6. The van der Waals surface area contributed by atoms with Gasteiger partial charge in [-0.05, 0) is 5.92 Å². The van der Waals surface area contributed by atoms with Gasteiger partial charge in [0.2, 0.25) is 11.8 Å². The molecule has 1 amide bonds. The summed E-state index contributed by atoms with van der Waals surface area (Å²) in [5, 5.41) is 5.63. The van der Waals surface area contributed by atoms with E-state index in [0.717, 1.165) is 0 Å². The van der Waals surface area contributed by atoms with Gasteiger partial charge in [-0.25, -0.2) is 4.98 Å². The maximum atomic E-state index is 11.5. The van der Waals surface area contributed by atoms with Gasteiger partial charge in [-0.15, -0.1) is 0 Å². The zero-order chi connectivity index (χ0) is 13.5. The molecule has 0 aliphatic heterocycles. The predicted molar refractivity (Wildman–Crippen MR) is 69.3 cm³/mol. The standard InChI is InChI=1S/C11H19N5O2/c1-7(2)4-13-8(17)5-14-10-9(12)11(18-3)16-6-15-10/h6-7H,4-5,12H2,1-3H3,(H,13,17)(H,14,15,16). The number of amides is 1. The molecule has 18 heavy (non-hydrogen) atoms. The molecular formula is C11H19N5O2. The Morgan fingerprint density at radius 2 is 2.22 bits per heavy atom. The normalized spacial score (nSPS) is 10.2. The van der Waals surface area contributed by atoms with Gasteiger partial charge in [0.1, 0.15) is 12.0 Å². The number of aromatic nitrogens is 2. The molecule has 1 rings (SSSR count). The van der Waals surface area contributed by atoms with E-state index in [1.165, 1.54) is 13.4 Å². The van der Waals surface area contributed by atoms with E-state index in [1.54, 1.807) is 0 Å². The number of carbonyl (C=O) groups excluding carboxylic acids is 1. The fourth-order valence-corrected chi connectivity index (χ4v) is 1.23. The second kappa shape index (κ2) is 6.63. The lowest BCUT2D eigenvalue weighted by Crippen LogP contribution is -2.32. The Bertz CT molecular complexity index is 408. The molecule has 0 radical (unpaired) electrons. The van der Waals surface area contributed by atoms with Gasteiger partial charge >= 0.3 is 0 Å². The Labute approximate surface area is 106 Å². The lowest BCUT2D eigenvalue weighted by atomic mass is 10.2. The van der Waals surface area contributed by atoms with Crippen LogP contribution in [0.2, 0.25) is 0 Å². The largest absolute Gasteiger partial charge is 0.479 e. The molecule has 1 aromatic heterocycles. The van der Waals surface area contributed by atoms with Crippen LogP contribution in [-0.2, 0) is 4.79 Å². The molecule has 0 fully saturated rings. The zero-order valence-electron chi connectivity index (χ0n) is 10.9. The molecule has 0 saturated carbocycles. The molecule has 0 atom stereocenters. The Morgan fingerprint density at radius 3 is 2.83 bits per heavy atom. The first-order chi connectivity index (χ1) is 8.54. The van der Waals surface area contributed by atoms with E-state index in [1.807, 2.05) is 13.8 Å². The molecule has 4 N–H and O–H groups in total. The summed E-state index contributed by atoms with van der Waals surface area (Å²) < 4.78 is 4.95. The molecule has 0 aliphatic carbocycles. The Balaban J connectivity index is 2.51. The molecule has 7 nitrogen and oxygen atoms in total. The molecule has 0 saturated heterocycles. The Hall–Kier alpha value is -2.05. The lowest BCUT2D eigenvalue weighted by molar-refractivity contribution is -0.119. The molecule has 0 unspecified atom stereocenters. The first-order valence-electron chi connectivity index (χ1n) is 5.69. The Morgan fingerprint density at radius 1 is 1.50 bits per heavy atom. The highest BCUT2D eigenvalue weighted by Gasteiger charge is 2.09. The number of methoxy groups -OCH3 is 1. The first-order valence-corrected chi connectivity index (χ1v) is 5.69. The summed E-state index contributed by atoms with van der Waals surface area (Å²) in [6.07, 6.45) is 1.32. The van der Waals surface area contributed by atoms with Gasteiger partial charge in [0.05, 0.1) is 13.7 Å². The number of nitrogen functional groups attached to an aromatic ring is 1. The maximum Gasteiger partial charge on any atom is 0.242 e. The molecule has 1 heterocycles. The van der Waals surface area contributed by atoms with Crippen molar-refractivity contribution in [2.45, 2.75) is 13.8 Å². The number of hydrogen-bond donors (Lipinski definition) is 3. The van der Waals surface area contributed by atoms with Crippen molar-refractivity contribution in [1.82, 2.24) is 15.3 Å². The number of ether oxygens (including phenoxy) is 1. The maximum absolute atomic E-state index is 11.5. The highest BCUT2D eigenvalue weighted by Crippen LogP contribution is 2.23. The van der Waals surface area contributed by atoms with Crippen LogP contribution in [0.4, 0.5) is 11.5 Å². The highest BCUT2D eigenvalue weighted by molar-refractivity contribution is 5.81. The van der Waals surface area contributed by atoms with Crippen LogP contribution in [0.25, 0.3) is 0 Å². The van der Waals surface area contributed by atoms with Gasteiger partial charge in [0, 0.05) is 6.54 Å². The number of carbonyl (C=O) groups is 1. The van der Waals surface area contributed by atoms with Crippen molar-refractivity contribution in [1.29, 1.82) is 0 Å². The van der Waals surface area contributed by atoms with E-state index in [4.69, 9.17) is 10.5 Å². The van der Waals surface area contributed by atoms with Gasteiger partial charge < -0.3 is 21.1 Å². The minimum atomic E-state index is -0.110. The quantitative estimate of drug-likeness (QED) is 0.671. The average Bonchev–Trinajstić information content (AvgIpc) is 2.35. The highest BCUT2D eigenvalue weighted by atomic mass is 16.5. The molecule has 7 heteroatoms. The Kier molecular flexibility index (Phi) is 5.16. The molecule has 0 aromatic carbocycles. The van der Waals surface area contributed by atoms with Crippen LogP contribution in [0, 0.1) is 5.92 Å². The second-order valence-electron chi connectivity index (χ2n) is 4.20. The van der Waals surface area contributed by atoms with Crippen LogP contribution < -0.4 is 21.1 Å². The van der Waals surface area contributed by atoms with Crippen molar-refractivity contribution in [3.63, 3.8) is 0 Å². The van der Waals surface area contributed by atoms with E-state index in [9.17, 15) is 4.79 Å². The SMILES string of the molecule is COc1ncnc(NCC(=O)NCC(C)C)c1N. The second-order valence-corrected chi connectivity index (χ2v) is 4.20. The molecule has 0 bridgehead atoms. The van der Waals surface area contributed by atoms with Crippen molar-refractivity contribution in [2.75, 3.05) is 31.2 Å². The van der Waals surface area contributed by atoms with Crippen molar-refractivity contribution in [3.05, 3.63) is 6.33 Å². The molecule has 0 spiro atoms. The number of anilines is 2. The van der Waals surface area contributed by atoms with Crippen LogP contribution in [0.15, 0.2) is 6.33 Å². The summed E-state index contributed by atoms with van der Waals surface area (Å²) in [5.41, 5.74) is 6.05. The minimum Gasteiger partial charge on any atom is -0.479 e. The third-order valence-corrected chi connectivity index (χ3v) is 2.16. The van der Waals surface area contributed by atoms with Crippen molar-refractivity contribution in [3.8, 4) is 5.88 Å². The van der Waals surface area contributed by atoms with Crippen LogP contribution in [-0.4, -0.2) is 36.1 Å². The third-order valence-electron chi connectivity index (χ3n) is 2.16. The monoisotopic (exact) mass is 253 g/mol. The van der Waals surface area contributed by atoms with Crippen molar-refractivity contribution < 1.29 is 9.53 Å². The molecule has 100 valence electrons. The number of rotatable bonds is 6. The summed E-state index contributed by atoms with van der Waals surface area (Å²) in [4.78, 5) is 19.3. The topological polar surface area (TPSA) is 102 Å². The van der Waals surface area contributed by atoms with Crippen LogP contribution in [0.3, 0.4) is 0 Å². The van der Waals surface area contributed by atoms with Gasteiger partial charge in [-0.2, -0.15) is 4.98 Å². The number of nitrogens with one attached hydrogen (secondary N) is 2. The van der Waals surface area contributed by atoms with E-state index in [2.05, 4.69) is 20.6 Å². The van der Waals surface area contributed by atoms with Gasteiger partial charge in [0.15, 0.2) is 5.82 Å². The summed E-state index contributed by atoms with van der Waals surface area (Å²) >= 11 is 0. The van der Waals surface area contributed by atoms with E-state index < -0.39 is 0 Å². The minimum absolute atomic E-state index is 0.108. The summed E-state index contributed by atoms with van der Waals surface area (Å²) in [7, 11) is 1.47. The van der Waals surface area contributed by atoms with Crippen LogP contribution in [0.5, 0.6) is 5.88 Å². The van der Waals surface area contributed by atoms with Crippen LogP contribution >= 0.6 is 0 Å². The average molecular weight is 253 g/mol. The fraction of sp³-hybridized carbons (Fsp3) is 0.545. The first kappa shape index (κ1) is 14.0. The van der Waals surface area contributed by atoms with Gasteiger partial charge in [-0.3, -0.25) is 4.79 Å². The van der Waals surface area contributed by atoms with E-state index >= 15 is 0 Å². The molecular weight excluding hydrogens is 234 g/mol. The molecule has 0 aliphatic rings. The third kappa shape index (κ3) is 4.08.